The fourth-order valence-electron chi connectivity index (χ4n) is 2.01. The largest absolute Gasteiger partial charge is 0.444 e. The van der Waals surface area contributed by atoms with Crippen LogP contribution in [0.1, 0.15) is 40.2 Å². The van der Waals surface area contributed by atoms with Crippen molar-refractivity contribution in [2.45, 2.75) is 52.8 Å². The molecule has 1 unspecified atom stereocenters. The second-order valence-corrected chi connectivity index (χ2v) is 6.89. The highest BCUT2D eigenvalue weighted by molar-refractivity contribution is 5.67. The smallest absolute Gasteiger partial charge is 0.407 e. The van der Waals surface area contributed by atoms with Crippen LogP contribution in [0.3, 0.4) is 0 Å². The number of halogens is 2. The first-order chi connectivity index (χ1) is 10.6. The summed E-state index contributed by atoms with van der Waals surface area (Å²) in [7, 11) is 0. The van der Waals surface area contributed by atoms with Crippen molar-refractivity contribution in [2.24, 2.45) is 5.92 Å². The van der Waals surface area contributed by atoms with Crippen LogP contribution in [-0.2, 0) is 11.3 Å². The van der Waals surface area contributed by atoms with Crippen LogP contribution in [0.2, 0.25) is 0 Å². The van der Waals surface area contributed by atoms with Crippen molar-refractivity contribution in [2.75, 3.05) is 6.54 Å². The van der Waals surface area contributed by atoms with Gasteiger partial charge in [-0.05, 0) is 44.4 Å². The minimum absolute atomic E-state index is 0.0474. The summed E-state index contributed by atoms with van der Waals surface area (Å²) in [6.07, 6.45) is -0.484. The van der Waals surface area contributed by atoms with E-state index in [1.807, 2.05) is 13.8 Å². The molecule has 2 N–H and O–H groups in total. The molecule has 0 aliphatic rings. The summed E-state index contributed by atoms with van der Waals surface area (Å²) in [5.74, 6) is -0.979. The number of carbonyl (C=O) groups is 1. The molecule has 0 aliphatic carbocycles. The van der Waals surface area contributed by atoms with Crippen LogP contribution in [0.5, 0.6) is 0 Å². The zero-order valence-corrected chi connectivity index (χ0v) is 14.4. The van der Waals surface area contributed by atoms with E-state index >= 15 is 0 Å². The molecular weight excluding hydrogens is 302 g/mol. The van der Waals surface area contributed by atoms with E-state index in [1.165, 1.54) is 12.1 Å². The molecule has 4 nitrogen and oxygen atoms in total. The topological polar surface area (TPSA) is 50.4 Å². The van der Waals surface area contributed by atoms with Crippen molar-refractivity contribution in [1.82, 2.24) is 10.6 Å². The first-order valence-corrected chi connectivity index (χ1v) is 7.72. The first-order valence-electron chi connectivity index (χ1n) is 7.72. The van der Waals surface area contributed by atoms with Crippen molar-refractivity contribution < 1.29 is 18.3 Å². The Labute approximate surface area is 136 Å². The van der Waals surface area contributed by atoms with Crippen LogP contribution in [0.25, 0.3) is 0 Å². The Balaban J connectivity index is 2.54. The van der Waals surface area contributed by atoms with Crippen LogP contribution in [0, 0.1) is 17.6 Å². The maximum absolute atomic E-state index is 13.2. The highest BCUT2D eigenvalue weighted by Crippen LogP contribution is 2.10. The number of amides is 1. The molecule has 1 atom stereocenters. The Bertz CT molecular complexity index is 508. The minimum atomic E-state index is -0.602. The van der Waals surface area contributed by atoms with E-state index in [0.29, 0.717) is 18.7 Å². The lowest BCUT2D eigenvalue weighted by atomic mass is 10.0. The normalized spacial score (nSPS) is 13.0. The highest BCUT2D eigenvalue weighted by Gasteiger charge is 2.19. The number of alkyl carbamates (subject to hydrolysis) is 1. The van der Waals surface area contributed by atoms with E-state index < -0.39 is 23.3 Å². The van der Waals surface area contributed by atoms with E-state index in [1.54, 1.807) is 20.8 Å². The molecule has 0 saturated carbocycles. The van der Waals surface area contributed by atoms with Crippen molar-refractivity contribution in [3.05, 3.63) is 35.4 Å². The Kier molecular flexibility index (Phi) is 6.94. The maximum Gasteiger partial charge on any atom is 0.407 e. The molecule has 0 bridgehead atoms. The van der Waals surface area contributed by atoms with Gasteiger partial charge in [0.25, 0.3) is 0 Å². The number of hydrogen-bond acceptors (Lipinski definition) is 3. The quantitative estimate of drug-likeness (QED) is 0.839. The molecule has 1 rings (SSSR count). The molecule has 23 heavy (non-hydrogen) atoms. The average molecular weight is 328 g/mol. The van der Waals surface area contributed by atoms with Gasteiger partial charge >= 0.3 is 6.09 Å². The fraction of sp³-hybridized carbons (Fsp3) is 0.588. The first kappa shape index (κ1) is 19.4. The van der Waals surface area contributed by atoms with Crippen molar-refractivity contribution >= 4 is 6.09 Å². The molecule has 0 aromatic heterocycles. The van der Waals surface area contributed by atoms with Gasteiger partial charge in [0.05, 0.1) is 0 Å². The van der Waals surface area contributed by atoms with Crippen molar-refractivity contribution in [3.8, 4) is 0 Å². The van der Waals surface area contributed by atoms with Crippen LogP contribution >= 0.6 is 0 Å². The molecule has 130 valence electrons. The van der Waals surface area contributed by atoms with Gasteiger partial charge in [-0.15, -0.1) is 0 Å². The lowest BCUT2D eigenvalue weighted by molar-refractivity contribution is 0.0519. The monoisotopic (exact) mass is 328 g/mol. The lowest BCUT2D eigenvalue weighted by Crippen LogP contribution is -2.45. The molecule has 0 spiro atoms. The molecule has 1 aromatic carbocycles. The minimum Gasteiger partial charge on any atom is -0.444 e. The van der Waals surface area contributed by atoms with E-state index in [9.17, 15) is 13.6 Å². The predicted octanol–water partition coefficient (Wildman–Crippen LogP) is 3.60. The molecule has 1 amide bonds. The fourth-order valence-corrected chi connectivity index (χ4v) is 2.01. The van der Waals surface area contributed by atoms with Crippen LogP contribution < -0.4 is 10.6 Å². The number of carbonyl (C=O) groups excluding carboxylic acids is 1. The lowest BCUT2D eigenvalue weighted by Gasteiger charge is -2.25. The third kappa shape index (κ3) is 7.93. The molecule has 0 aliphatic heterocycles. The molecule has 0 heterocycles. The van der Waals surface area contributed by atoms with E-state index in [-0.39, 0.29) is 12.0 Å². The summed E-state index contributed by atoms with van der Waals surface area (Å²) in [6.45, 7) is 10.1. The molecular formula is C17H26F2N2O2. The van der Waals surface area contributed by atoms with E-state index in [4.69, 9.17) is 4.74 Å². The van der Waals surface area contributed by atoms with Crippen LogP contribution in [0.4, 0.5) is 13.6 Å². The van der Waals surface area contributed by atoms with Gasteiger partial charge in [-0.1, -0.05) is 13.8 Å². The van der Waals surface area contributed by atoms with Gasteiger partial charge < -0.3 is 15.4 Å². The van der Waals surface area contributed by atoms with Crippen LogP contribution in [-0.4, -0.2) is 24.3 Å². The Morgan fingerprint density at radius 1 is 1.17 bits per heavy atom. The zero-order chi connectivity index (χ0) is 17.6. The van der Waals surface area contributed by atoms with Gasteiger partial charge in [-0.2, -0.15) is 0 Å². The van der Waals surface area contributed by atoms with Crippen molar-refractivity contribution in [3.63, 3.8) is 0 Å². The summed E-state index contributed by atoms with van der Waals surface area (Å²) in [4.78, 5) is 11.7. The second kappa shape index (κ2) is 8.24. The summed E-state index contributed by atoms with van der Waals surface area (Å²) in [5, 5.41) is 5.91. The molecule has 0 fully saturated rings. The number of hydrogen-bond donors (Lipinski definition) is 2. The summed E-state index contributed by atoms with van der Waals surface area (Å²) < 4.78 is 31.5. The third-order valence-electron chi connectivity index (χ3n) is 3.16. The average Bonchev–Trinajstić information content (AvgIpc) is 2.34. The summed E-state index contributed by atoms with van der Waals surface area (Å²) in [6, 6.07) is 3.37. The van der Waals surface area contributed by atoms with Crippen molar-refractivity contribution in [1.29, 1.82) is 0 Å². The van der Waals surface area contributed by atoms with Gasteiger partial charge in [0.2, 0.25) is 0 Å². The van der Waals surface area contributed by atoms with E-state index in [0.717, 1.165) is 6.07 Å². The highest BCUT2D eigenvalue weighted by atomic mass is 19.1. The van der Waals surface area contributed by atoms with Gasteiger partial charge in [0.15, 0.2) is 0 Å². The molecule has 0 saturated heterocycles. The third-order valence-corrected chi connectivity index (χ3v) is 3.16. The zero-order valence-electron chi connectivity index (χ0n) is 14.4. The van der Waals surface area contributed by atoms with Crippen LogP contribution in [0.15, 0.2) is 18.2 Å². The van der Waals surface area contributed by atoms with Gasteiger partial charge in [-0.25, -0.2) is 13.6 Å². The summed E-state index contributed by atoms with van der Waals surface area (Å²) >= 11 is 0. The number of nitrogens with one attached hydrogen (secondary N) is 2. The molecule has 6 heteroatoms. The standard InChI is InChI=1S/C17H26F2N2O2/c1-11(2)15(10-21-16(22)23-17(3,4)5)20-9-12-6-13(18)8-14(19)7-12/h6-8,11,15,20H,9-10H2,1-5H3,(H,21,22). The molecule has 0 radical (unpaired) electrons. The van der Waals surface area contributed by atoms with Gasteiger partial charge in [0, 0.05) is 25.2 Å². The Hall–Kier alpha value is -1.69. The number of benzene rings is 1. The maximum atomic E-state index is 13.2. The SMILES string of the molecule is CC(C)C(CNC(=O)OC(C)(C)C)NCc1cc(F)cc(F)c1. The molecule has 1 aromatic rings. The van der Waals surface area contributed by atoms with E-state index in [2.05, 4.69) is 10.6 Å². The summed E-state index contributed by atoms with van der Waals surface area (Å²) in [5.41, 5.74) is -0.0327. The van der Waals surface area contributed by atoms with Gasteiger partial charge in [-0.3, -0.25) is 0 Å². The predicted molar refractivity (Wildman–Crippen MR) is 86.1 cm³/mol. The van der Waals surface area contributed by atoms with Gasteiger partial charge in [0.1, 0.15) is 17.2 Å². The Morgan fingerprint density at radius 3 is 2.22 bits per heavy atom. The number of rotatable bonds is 6. The number of ether oxygens (including phenoxy) is 1. The second-order valence-electron chi connectivity index (χ2n) is 6.89. The Morgan fingerprint density at radius 2 is 1.74 bits per heavy atom.